The fourth-order valence-electron chi connectivity index (χ4n) is 2.55. The van der Waals surface area contributed by atoms with Gasteiger partial charge in [-0.05, 0) is 56.0 Å². The van der Waals surface area contributed by atoms with Gasteiger partial charge in [0.2, 0.25) is 0 Å². The molecule has 20 heavy (non-hydrogen) atoms. The molecule has 112 valence electrons. The quantitative estimate of drug-likeness (QED) is 0.830. The average molecular weight is 277 g/mol. The molecule has 0 aliphatic carbocycles. The molecular weight excluding hydrogens is 250 g/mol. The molecule has 0 radical (unpaired) electrons. The highest BCUT2D eigenvalue weighted by molar-refractivity contribution is 5.29. The minimum absolute atomic E-state index is 0.391. The largest absolute Gasteiger partial charge is 0.493 e. The first-order valence-corrected chi connectivity index (χ1v) is 7.78. The van der Waals surface area contributed by atoms with Crippen LogP contribution in [0.1, 0.15) is 44.8 Å². The first-order valence-electron chi connectivity index (χ1n) is 7.78. The van der Waals surface area contributed by atoms with Crippen LogP contribution in [-0.4, -0.2) is 36.2 Å². The second kappa shape index (κ2) is 7.65. The highest BCUT2D eigenvalue weighted by Gasteiger charge is 2.14. The summed E-state index contributed by atoms with van der Waals surface area (Å²) in [5.41, 5.74) is 0.963. The smallest absolute Gasteiger partial charge is 0.119 e. The highest BCUT2D eigenvalue weighted by Crippen LogP contribution is 2.23. The molecule has 1 fully saturated rings. The molecule has 2 rings (SSSR count). The van der Waals surface area contributed by atoms with Crippen LogP contribution in [0.2, 0.25) is 0 Å². The molecule has 1 aromatic rings. The van der Waals surface area contributed by atoms with E-state index >= 15 is 0 Å². The number of ether oxygens (including phenoxy) is 1. The van der Waals surface area contributed by atoms with Crippen LogP contribution in [0.3, 0.4) is 0 Å². The van der Waals surface area contributed by atoms with Crippen molar-refractivity contribution in [1.82, 2.24) is 4.90 Å². The molecule has 3 nitrogen and oxygen atoms in total. The normalized spacial score (nSPS) is 17.6. The number of hydrogen-bond acceptors (Lipinski definition) is 3. The molecule has 1 heterocycles. The molecule has 1 atom stereocenters. The number of likely N-dealkylation sites (tertiary alicyclic amines) is 1. The molecule has 1 aromatic carbocycles. The van der Waals surface area contributed by atoms with Crippen LogP contribution in [0, 0.1) is 5.92 Å². The lowest BCUT2D eigenvalue weighted by Gasteiger charge is -2.18. The molecule has 0 aromatic heterocycles. The zero-order chi connectivity index (χ0) is 14.4. The van der Waals surface area contributed by atoms with Gasteiger partial charge in [-0.2, -0.15) is 0 Å². The molecule has 3 heteroatoms. The van der Waals surface area contributed by atoms with Gasteiger partial charge < -0.3 is 14.7 Å². The van der Waals surface area contributed by atoms with Crippen molar-refractivity contribution < 1.29 is 9.84 Å². The second-order valence-electron chi connectivity index (χ2n) is 6.13. The maximum atomic E-state index is 10.3. The topological polar surface area (TPSA) is 32.7 Å². The summed E-state index contributed by atoms with van der Waals surface area (Å²) >= 11 is 0. The molecule has 0 saturated carbocycles. The summed E-state index contributed by atoms with van der Waals surface area (Å²) in [6, 6.07) is 7.87. The molecule has 0 bridgehead atoms. The third-order valence-corrected chi connectivity index (χ3v) is 3.74. The SMILES string of the molecule is CC(C)COc1cccc(C(O)CCN2CCCC2)c1. The van der Waals surface area contributed by atoms with E-state index < -0.39 is 6.10 Å². The van der Waals surface area contributed by atoms with Gasteiger partial charge >= 0.3 is 0 Å². The summed E-state index contributed by atoms with van der Waals surface area (Å²) in [5.74, 6) is 1.37. The van der Waals surface area contributed by atoms with Crippen molar-refractivity contribution in [2.75, 3.05) is 26.2 Å². The highest BCUT2D eigenvalue weighted by atomic mass is 16.5. The van der Waals surface area contributed by atoms with E-state index in [1.165, 1.54) is 25.9 Å². The van der Waals surface area contributed by atoms with E-state index in [9.17, 15) is 5.11 Å². The number of aliphatic hydroxyl groups is 1. The Morgan fingerprint density at radius 2 is 2.00 bits per heavy atom. The Kier molecular flexibility index (Phi) is 5.86. The van der Waals surface area contributed by atoms with Crippen molar-refractivity contribution in [3.63, 3.8) is 0 Å². The first-order chi connectivity index (χ1) is 9.65. The summed E-state index contributed by atoms with van der Waals surface area (Å²) in [6.07, 6.45) is 3.01. The molecule has 1 N–H and O–H groups in total. The van der Waals surface area contributed by atoms with E-state index in [1.54, 1.807) is 0 Å². The molecule has 1 unspecified atom stereocenters. The maximum absolute atomic E-state index is 10.3. The van der Waals surface area contributed by atoms with Gasteiger partial charge in [0.1, 0.15) is 5.75 Å². The van der Waals surface area contributed by atoms with E-state index in [4.69, 9.17) is 4.74 Å². The number of rotatable bonds is 7. The van der Waals surface area contributed by atoms with Gasteiger partial charge in [-0.3, -0.25) is 0 Å². The standard InChI is InChI=1S/C17H27NO2/c1-14(2)13-20-16-7-5-6-15(12-16)17(19)8-11-18-9-3-4-10-18/h5-7,12,14,17,19H,3-4,8-11,13H2,1-2H3. The third kappa shape index (κ3) is 4.80. The van der Waals surface area contributed by atoms with Crippen molar-refractivity contribution in [3.8, 4) is 5.75 Å². The van der Waals surface area contributed by atoms with Gasteiger partial charge in [0.05, 0.1) is 12.7 Å². The van der Waals surface area contributed by atoms with Crippen molar-refractivity contribution in [3.05, 3.63) is 29.8 Å². The predicted octanol–water partition coefficient (Wildman–Crippen LogP) is 3.24. The van der Waals surface area contributed by atoms with E-state index in [0.717, 1.165) is 24.3 Å². The molecule has 0 spiro atoms. The molecule has 1 saturated heterocycles. The van der Waals surface area contributed by atoms with Crippen molar-refractivity contribution in [1.29, 1.82) is 0 Å². The fourth-order valence-corrected chi connectivity index (χ4v) is 2.55. The van der Waals surface area contributed by atoms with Gasteiger partial charge in [-0.1, -0.05) is 26.0 Å². The van der Waals surface area contributed by atoms with Crippen LogP contribution in [0.25, 0.3) is 0 Å². The number of nitrogens with zero attached hydrogens (tertiary/aromatic N) is 1. The monoisotopic (exact) mass is 277 g/mol. The van der Waals surface area contributed by atoms with Crippen LogP contribution in [0.5, 0.6) is 5.75 Å². The minimum atomic E-state index is -0.391. The van der Waals surface area contributed by atoms with Gasteiger partial charge in [0, 0.05) is 6.54 Å². The summed E-state index contributed by atoms with van der Waals surface area (Å²) in [5, 5.41) is 10.3. The molecule has 1 aliphatic rings. The van der Waals surface area contributed by atoms with Crippen LogP contribution >= 0.6 is 0 Å². The van der Waals surface area contributed by atoms with E-state index in [0.29, 0.717) is 12.5 Å². The minimum Gasteiger partial charge on any atom is -0.493 e. The number of hydrogen-bond donors (Lipinski definition) is 1. The lowest BCUT2D eigenvalue weighted by molar-refractivity contribution is 0.148. The Morgan fingerprint density at radius 3 is 2.70 bits per heavy atom. The second-order valence-corrected chi connectivity index (χ2v) is 6.13. The van der Waals surface area contributed by atoms with Crippen molar-refractivity contribution in [2.45, 2.75) is 39.2 Å². The van der Waals surface area contributed by atoms with Gasteiger partial charge in [0.15, 0.2) is 0 Å². The third-order valence-electron chi connectivity index (χ3n) is 3.74. The lowest BCUT2D eigenvalue weighted by atomic mass is 10.1. The van der Waals surface area contributed by atoms with Gasteiger partial charge in [-0.25, -0.2) is 0 Å². The first kappa shape index (κ1) is 15.3. The van der Waals surface area contributed by atoms with Crippen LogP contribution < -0.4 is 4.74 Å². The zero-order valence-corrected chi connectivity index (χ0v) is 12.7. The maximum Gasteiger partial charge on any atom is 0.119 e. The lowest BCUT2D eigenvalue weighted by Crippen LogP contribution is -2.22. The summed E-state index contributed by atoms with van der Waals surface area (Å²) in [7, 11) is 0. The summed E-state index contributed by atoms with van der Waals surface area (Å²) in [6.45, 7) is 8.34. The van der Waals surface area contributed by atoms with Crippen LogP contribution in [-0.2, 0) is 0 Å². The van der Waals surface area contributed by atoms with Crippen molar-refractivity contribution >= 4 is 0 Å². The van der Waals surface area contributed by atoms with E-state index in [-0.39, 0.29) is 0 Å². The fraction of sp³-hybridized carbons (Fsp3) is 0.647. The number of aliphatic hydroxyl groups excluding tert-OH is 1. The number of benzene rings is 1. The molecule has 1 aliphatic heterocycles. The summed E-state index contributed by atoms with van der Waals surface area (Å²) < 4.78 is 5.71. The Hall–Kier alpha value is -1.06. The Bertz CT molecular complexity index is 400. The van der Waals surface area contributed by atoms with Gasteiger partial charge in [-0.15, -0.1) is 0 Å². The predicted molar refractivity (Wildman–Crippen MR) is 82.0 cm³/mol. The van der Waals surface area contributed by atoms with Crippen LogP contribution in [0.4, 0.5) is 0 Å². The molecular formula is C17H27NO2. The van der Waals surface area contributed by atoms with E-state index in [2.05, 4.69) is 18.7 Å². The Balaban J connectivity index is 1.84. The van der Waals surface area contributed by atoms with Gasteiger partial charge in [0.25, 0.3) is 0 Å². The Labute approximate surface area is 122 Å². The summed E-state index contributed by atoms with van der Waals surface area (Å²) in [4.78, 5) is 2.43. The zero-order valence-electron chi connectivity index (χ0n) is 12.7. The molecule has 0 amide bonds. The average Bonchev–Trinajstić information content (AvgIpc) is 2.96. The van der Waals surface area contributed by atoms with Crippen molar-refractivity contribution in [2.24, 2.45) is 5.92 Å². The van der Waals surface area contributed by atoms with Crippen LogP contribution in [0.15, 0.2) is 24.3 Å². The van der Waals surface area contributed by atoms with E-state index in [1.807, 2.05) is 24.3 Å². The Morgan fingerprint density at radius 1 is 1.25 bits per heavy atom.